The molecule has 1 heterocycles. The zero-order chi connectivity index (χ0) is 12.7. The van der Waals surface area contributed by atoms with E-state index < -0.39 is 5.97 Å². The third kappa shape index (κ3) is 4.14. The predicted octanol–water partition coefficient (Wildman–Crippen LogP) is -0.0416. The third-order valence-electron chi connectivity index (χ3n) is 2.00. The maximum Gasteiger partial charge on any atom is 0.406 e. The van der Waals surface area contributed by atoms with Crippen molar-refractivity contribution in [3.8, 4) is 0 Å². The number of aromatic nitrogens is 1. The molecule has 1 N–H and O–H groups in total. The summed E-state index contributed by atoms with van der Waals surface area (Å²) in [5.74, 6) is -0.421. The summed E-state index contributed by atoms with van der Waals surface area (Å²) in [7, 11) is 0. The van der Waals surface area contributed by atoms with E-state index in [1.165, 1.54) is 17.7 Å². The first kappa shape index (κ1) is 13.0. The number of nitrogens with zero attached hydrogens (tertiary/aromatic N) is 1. The number of rotatable bonds is 5. The number of allylic oxidation sites excluding steroid dienone is 1. The van der Waals surface area contributed by atoms with Gasteiger partial charge in [-0.3, -0.25) is 0 Å². The summed E-state index contributed by atoms with van der Waals surface area (Å²) in [4.78, 5) is 11.6. The maximum atomic E-state index is 11.6. The monoisotopic (exact) mass is 236 g/mol. The molecule has 0 bridgehead atoms. The van der Waals surface area contributed by atoms with E-state index in [9.17, 15) is 9.90 Å². The number of carbonyl (C=O) groups is 1. The molecule has 1 aromatic heterocycles. The van der Waals surface area contributed by atoms with E-state index in [-0.39, 0.29) is 5.76 Å². The van der Waals surface area contributed by atoms with E-state index in [4.69, 9.17) is 4.74 Å². The molecule has 0 fully saturated rings. The zero-order valence-corrected chi connectivity index (χ0v) is 9.97. The second-order valence-electron chi connectivity index (χ2n) is 3.35. The number of ether oxygens (including phenoxy) is 1. The van der Waals surface area contributed by atoms with Gasteiger partial charge in [-0.2, -0.15) is 5.43 Å². The highest BCUT2D eigenvalue weighted by molar-refractivity contribution is 5.85. The van der Waals surface area contributed by atoms with Crippen LogP contribution in [-0.2, 0) is 4.74 Å². The average molecular weight is 236 g/mol. The van der Waals surface area contributed by atoms with E-state index in [1.807, 2.05) is 0 Å². The van der Waals surface area contributed by atoms with Crippen LogP contribution in [0.5, 0.6) is 0 Å². The van der Waals surface area contributed by atoms with Gasteiger partial charge in [0.1, 0.15) is 0 Å². The lowest BCUT2D eigenvalue weighted by molar-refractivity contribution is -0.652. The van der Waals surface area contributed by atoms with Gasteiger partial charge in [-0.15, -0.1) is 5.76 Å². The van der Waals surface area contributed by atoms with Gasteiger partial charge in [-0.25, -0.2) is 4.79 Å². The van der Waals surface area contributed by atoms with Gasteiger partial charge in [0.05, 0.1) is 13.2 Å². The molecule has 0 aliphatic rings. The second kappa shape index (κ2) is 6.52. The molecular weight excluding hydrogens is 220 g/mol. The molecule has 0 saturated heterocycles. The first-order chi connectivity index (χ1) is 8.15. The maximum absolute atomic E-state index is 11.6. The van der Waals surface area contributed by atoms with Gasteiger partial charge < -0.3 is 9.84 Å². The second-order valence-corrected chi connectivity index (χ2v) is 3.35. The Morgan fingerprint density at radius 2 is 2.35 bits per heavy atom. The van der Waals surface area contributed by atoms with Crippen molar-refractivity contribution < 1.29 is 19.3 Å². The normalized spacial score (nSPS) is 11.1. The van der Waals surface area contributed by atoms with Gasteiger partial charge in [-0.1, -0.05) is 17.7 Å². The summed E-state index contributed by atoms with van der Waals surface area (Å²) < 4.78 is 6.46. The lowest BCUT2D eigenvalue weighted by atomic mass is 10.3. The van der Waals surface area contributed by atoms with E-state index >= 15 is 0 Å². The Morgan fingerprint density at radius 3 is 3.00 bits per heavy atom. The van der Waals surface area contributed by atoms with Crippen LogP contribution in [0.2, 0.25) is 0 Å². The Kier molecular flexibility index (Phi) is 5.00. The Hall–Kier alpha value is -2.04. The molecule has 17 heavy (non-hydrogen) atoms. The van der Waals surface area contributed by atoms with Crippen molar-refractivity contribution in [3.63, 3.8) is 0 Å². The average Bonchev–Trinajstić information content (AvgIpc) is 2.29. The molecule has 0 aliphatic heterocycles. The number of esters is 1. The molecule has 92 valence electrons. The van der Waals surface area contributed by atoms with Gasteiger partial charge in [0.15, 0.2) is 6.20 Å². The third-order valence-corrected chi connectivity index (χ3v) is 2.00. The summed E-state index contributed by atoms with van der Waals surface area (Å²) >= 11 is 0. The van der Waals surface area contributed by atoms with E-state index in [1.54, 1.807) is 31.3 Å². The predicted molar refractivity (Wildman–Crippen MR) is 60.6 cm³/mol. The molecule has 0 amide bonds. The molecule has 0 aromatic carbocycles. The molecule has 0 unspecified atom stereocenters. The van der Waals surface area contributed by atoms with Crippen molar-refractivity contribution in [3.05, 3.63) is 41.9 Å². The topological polar surface area (TPSA) is 65.3 Å². The van der Waals surface area contributed by atoms with Crippen LogP contribution in [-0.4, -0.2) is 19.1 Å². The molecule has 0 aliphatic carbocycles. The number of pyridine rings is 1. The minimum absolute atomic E-state index is 0.0216. The van der Waals surface area contributed by atoms with Crippen LogP contribution in [0.4, 0.5) is 0 Å². The molecule has 0 atom stereocenters. The Balaban J connectivity index is 2.77. The molecule has 1 aromatic rings. The lowest BCUT2D eigenvalue weighted by Crippen LogP contribution is -2.50. The van der Waals surface area contributed by atoms with Gasteiger partial charge in [0.25, 0.3) is 0 Å². The number of nitrogens with one attached hydrogen (secondary N) is 1. The van der Waals surface area contributed by atoms with Crippen LogP contribution in [0.3, 0.4) is 0 Å². The molecule has 1 rings (SSSR count). The van der Waals surface area contributed by atoms with E-state index in [0.29, 0.717) is 18.8 Å². The van der Waals surface area contributed by atoms with E-state index in [0.717, 1.165) is 0 Å². The van der Waals surface area contributed by atoms with Crippen LogP contribution in [0.15, 0.2) is 36.2 Å². The molecule has 0 spiro atoms. The fourth-order valence-electron chi connectivity index (χ4n) is 1.24. The Morgan fingerprint density at radius 1 is 1.59 bits per heavy atom. The summed E-state index contributed by atoms with van der Waals surface area (Å²) in [5, 5.41) is 10.8. The quantitative estimate of drug-likeness (QED) is 0.442. The first-order valence-corrected chi connectivity index (χ1v) is 5.40. The van der Waals surface area contributed by atoms with Crippen LogP contribution in [0, 0.1) is 0 Å². The minimum Gasteiger partial charge on any atom is -0.876 e. The smallest absolute Gasteiger partial charge is 0.406 e. The standard InChI is InChI=1S/C12H16N2O3/c1-3-17-12(16)11-6-4-5-9-14(11)13-8-7-10(2)15/h4-7,9H,3,8H2,1-2H3,(H-,13,15,16)/b10-7-. The van der Waals surface area contributed by atoms with Crippen LogP contribution in [0.1, 0.15) is 24.3 Å². The van der Waals surface area contributed by atoms with Crippen LogP contribution < -0.4 is 15.2 Å². The Labute approximate surface area is 100 Å². The van der Waals surface area contributed by atoms with Crippen molar-refractivity contribution in [1.82, 2.24) is 0 Å². The SMILES string of the molecule is CCOC(=O)c1cccc[n+]1NC/C=C(/C)[O-]. The molecular formula is C12H16N2O3. The summed E-state index contributed by atoms with van der Waals surface area (Å²) in [5.41, 5.74) is 3.32. The molecule has 5 nitrogen and oxygen atoms in total. The highest BCUT2D eigenvalue weighted by Crippen LogP contribution is 1.94. The fraction of sp³-hybridized carbons (Fsp3) is 0.333. The van der Waals surface area contributed by atoms with E-state index in [2.05, 4.69) is 5.43 Å². The highest BCUT2D eigenvalue weighted by Gasteiger charge is 2.19. The minimum atomic E-state index is -0.400. The van der Waals surface area contributed by atoms with Crippen molar-refractivity contribution >= 4 is 5.97 Å². The van der Waals surface area contributed by atoms with Crippen molar-refractivity contribution in [2.75, 3.05) is 18.6 Å². The number of hydrogen-bond acceptors (Lipinski definition) is 4. The number of carbonyl (C=O) groups excluding carboxylic acids is 1. The van der Waals surface area contributed by atoms with Crippen LogP contribution in [0.25, 0.3) is 0 Å². The number of hydrogen-bond donors (Lipinski definition) is 1. The van der Waals surface area contributed by atoms with Crippen LogP contribution >= 0.6 is 0 Å². The zero-order valence-electron chi connectivity index (χ0n) is 9.97. The summed E-state index contributed by atoms with van der Waals surface area (Å²) in [6.07, 6.45) is 3.19. The Bertz CT molecular complexity index is 412. The fourth-order valence-corrected chi connectivity index (χ4v) is 1.24. The highest BCUT2D eigenvalue weighted by atomic mass is 16.5. The van der Waals surface area contributed by atoms with Gasteiger partial charge >= 0.3 is 11.7 Å². The molecule has 5 heteroatoms. The van der Waals surface area contributed by atoms with Gasteiger partial charge in [0, 0.05) is 12.1 Å². The first-order valence-electron chi connectivity index (χ1n) is 5.40. The van der Waals surface area contributed by atoms with Crippen molar-refractivity contribution in [2.24, 2.45) is 0 Å². The lowest BCUT2D eigenvalue weighted by Gasteiger charge is -2.05. The summed E-state index contributed by atoms with van der Waals surface area (Å²) in [6.45, 7) is 3.91. The van der Waals surface area contributed by atoms with Crippen molar-refractivity contribution in [1.29, 1.82) is 0 Å². The summed E-state index contributed by atoms with van der Waals surface area (Å²) in [6, 6.07) is 5.18. The molecule has 0 saturated carbocycles. The van der Waals surface area contributed by atoms with Gasteiger partial charge in [-0.05, 0) is 13.0 Å². The molecule has 0 radical (unpaired) electrons. The van der Waals surface area contributed by atoms with Gasteiger partial charge in [0.2, 0.25) is 0 Å². The largest absolute Gasteiger partial charge is 0.876 e. The van der Waals surface area contributed by atoms with Crippen molar-refractivity contribution in [2.45, 2.75) is 13.8 Å².